The Morgan fingerprint density at radius 2 is 1.05 bits per heavy atom. The lowest BCUT2D eigenvalue weighted by atomic mass is 9.78. The maximum absolute atomic E-state index is 13.4. The highest BCUT2D eigenvalue weighted by atomic mass is 79.9. The fourth-order valence-electron chi connectivity index (χ4n) is 9.69. The second-order valence-electron chi connectivity index (χ2n) is 25.8. The summed E-state index contributed by atoms with van der Waals surface area (Å²) in [5, 5.41) is 8.07. The maximum atomic E-state index is 13.4. The van der Waals surface area contributed by atoms with E-state index in [-0.39, 0.29) is 63.8 Å². The van der Waals surface area contributed by atoms with E-state index < -0.39 is 49.4 Å². The lowest BCUT2D eigenvalue weighted by molar-refractivity contribution is -0.117. The SMILES string of the molecule is CC(=O)CCc1ccc(-c2cnc(C3CCC(NC(=O)OC(C)C)CC3)s2)c(S(=O)(=O)NC(C)(C)C)c1.CC(=O)CCc1ccc(B2OC(C)(C)C(C)(C)O2)c(S(=O)(=O)NC(C)(C)C)c1.CC(C)OC(=O)NC1CCC(c2ncc(Br)s2)CC1. The van der Waals surface area contributed by atoms with Crippen molar-refractivity contribution in [1.29, 1.82) is 0 Å². The number of carbonyl (C=O) groups is 4. The van der Waals surface area contributed by atoms with Crippen LogP contribution in [0.3, 0.4) is 0 Å². The summed E-state index contributed by atoms with van der Waals surface area (Å²) in [5.74, 6) is 0.929. The van der Waals surface area contributed by atoms with Gasteiger partial charge in [-0.3, -0.25) is 0 Å². The zero-order chi connectivity index (χ0) is 62.8. The van der Waals surface area contributed by atoms with Crippen molar-refractivity contribution in [2.24, 2.45) is 0 Å². The highest BCUT2D eigenvalue weighted by Gasteiger charge is 2.53. The molecule has 2 amide bonds. The van der Waals surface area contributed by atoms with E-state index in [1.54, 1.807) is 56.5 Å². The third-order valence-electron chi connectivity index (χ3n) is 14.4. The number of rotatable bonds is 18. The van der Waals surface area contributed by atoms with Gasteiger partial charge in [0.1, 0.15) is 11.6 Å². The molecule has 3 heterocycles. The minimum absolute atomic E-state index is 0.0623. The van der Waals surface area contributed by atoms with Crippen molar-refractivity contribution in [2.75, 3.05) is 0 Å². The molecule has 4 N–H and O–H groups in total. The van der Waals surface area contributed by atoms with Gasteiger partial charge in [0.25, 0.3) is 0 Å². The van der Waals surface area contributed by atoms with Gasteiger partial charge >= 0.3 is 19.3 Å². The molecule has 18 nitrogen and oxygen atoms in total. The van der Waals surface area contributed by atoms with Crippen LogP contribution in [0.1, 0.15) is 208 Å². The number of ketones is 2. The van der Waals surface area contributed by atoms with Gasteiger partial charge in [-0.05, 0) is 214 Å². The van der Waals surface area contributed by atoms with Crippen LogP contribution in [0.15, 0.2) is 62.4 Å². The Labute approximate surface area is 516 Å². The van der Waals surface area contributed by atoms with E-state index in [9.17, 15) is 36.0 Å². The summed E-state index contributed by atoms with van der Waals surface area (Å²) < 4.78 is 82.1. The standard InChI is InChI=1S/C27H39N3O5S2.C20H32BNO5S.C13H19BrN2O2S/c1-17(2)35-26(32)29-21-12-10-20(11-13-21)25-28-16-23(36-25)22-14-9-19(8-7-18(3)31)15-24(22)37(33,34)30-27(4,5)6;1-14(23)9-10-15-11-12-16(21-26-19(5,6)20(7,8)27-21)17(13-15)28(24,25)22-18(2,3)4;1-8(2)18-13(17)16-10-5-3-9(4-6-10)12-15-7-11(14)19-12/h9,14-17,20-21,30H,7-8,10-13H2,1-6H3,(H,29,32);11-13,22H,9-10H2,1-8H3;7-10H,3-6H2,1-2H3,(H,16,17). The largest absolute Gasteiger partial charge is 0.496 e. The molecule has 24 heteroatoms. The number of ether oxygens (including phenoxy) is 2. The lowest BCUT2D eigenvalue weighted by Crippen LogP contribution is -2.45. The first-order valence-electron chi connectivity index (χ1n) is 29.0. The van der Waals surface area contributed by atoms with Crippen LogP contribution in [-0.2, 0) is 61.3 Å². The molecule has 3 aliphatic rings. The molecular formula is C60H90BBrN6O12S4. The number of sulfonamides is 2. The average molecular weight is 1310 g/mol. The molecular weight excluding hydrogens is 1220 g/mol. The molecule has 0 unspecified atom stereocenters. The van der Waals surface area contributed by atoms with E-state index in [0.29, 0.717) is 42.6 Å². The van der Waals surface area contributed by atoms with Gasteiger partial charge in [0.05, 0.1) is 58.1 Å². The number of nitrogens with zero attached hydrogens (tertiary/aromatic N) is 2. The highest BCUT2D eigenvalue weighted by Crippen LogP contribution is 2.41. The maximum Gasteiger partial charge on any atom is 0.496 e. The fourth-order valence-corrected chi connectivity index (χ4v) is 15.7. The predicted octanol–water partition coefficient (Wildman–Crippen LogP) is 12.2. The quantitative estimate of drug-likeness (QED) is 0.0677. The van der Waals surface area contributed by atoms with Gasteiger partial charge in [-0.25, -0.2) is 45.8 Å². The highest BCUT2D eigenvalue weighted by molar-refractivity contribution is 9.11. The lowest BCUT2D eigenvalue weighted by Gasteiger charge is -2.32. The first kappa shape index (κ1) is 70.6. The van der Waals surface area contributed by atoms with Crippen molar-refractivity contribution in [3.63, 3.8) is 0 Å². The Morgan fingerprint density at radius 1 is 0.643 bits per heavy atom. The van der Waals surface area contributed by atoms with Gasteiger partial charge in [0.15, 0.2) is 0 Å². The molecule has 2 aromatic heterocycles. The number of aryl methyl sites for hydroxylation is 2. The fraction of sp³-hybridized carbons (Fsp3) is 0.633. The number of alkyl carbamates (subject to hydrolysis) is 2. The molecule has 84 heavy (non-hydrogen) atoms. The summed E-state index contributed by atoms with van der Waals surface area (Å²) in [7, 11) is -8.42. The average Bonchev–Trinajstić information content (AvgIpc) is 1.97. The summed E-state index contributed by atoms with van der Waals surface area (Å²) in [5.41, 5.74) is 0.220. The van der Waals surface area contributed by atoms with Gasteiger partial charge in [0, 0.05) is 65.1 Å². The number of aromatic nitrogens is 2. The molecule has 0 atom stereocenters. The van der Waals surface area contributed by atoms with Crippen molar-refractivity contribution in [2.45, 2.75) is 256 Å². The number of benzene rings is 2. The van der Waals surface area contributed by atoms with Gasteiger partial charge in [-0.15, -0.1) is 22.7 Å². The van der Waals surface area contributed by atoms with Crippen LogP contribution in [0.5, 0.6) is 0 Å². The first-order chi connectivity index (χ1) is 38.8. The molecule has 2 aliphatic carbocycles. The predicted molar refractivity (Wildman–Crippen MR) is 337 cm³/mol. The first-order valence-corrected chi connectivity index (χ1v) is 34.4. The summed E-state index contributed by atoms with van der Waals surface area (Å²) in [6, 6.07) is 10.9. The minimum Gasteiger partial charge on any atom is -0.447 e. The molecule has 466 valence electrons. The van der Waals surface area contributed by atoms with Gasteiger partial charge in [0.2, 0.25) is 20.0 Å². The van der Waals surface area contributed by atoms with Crippen LogP contribution in [0.25, 0.3) is 10.4 Å². The molecule has 0 radical (unpaired) electrons. The molecule has 1 aliphatic heterocycles. The van der Waals surface area contributed by atoms with E-state index in [2.05, 4.69) is 46.0 Å². The normalized spacial score (nSPS) is 19.8. The second kappa shape index (κ2) is 29.7. The number of halogens is 1. The van der Waals surface area contributed by atoms with Gasteiger partial charge in [-0.1, -0.05) is 24.3 Å². The van der Waals surface area contributed by atoms with Crippen molar-refractivity contribution in [3.8, 4) is 10.4 Å². The van der Waals surface area contributed by atoms with Gasteiger partial charge < -0.3 is 39.0 Å². The smallest absolute Gasteiger partial charge is 0.447 e. The molecule has 7 rings (SSSR count). The van der Waals surface area contributed by atoms with E-state index in [4.69, 9.17) is 18.8 Å². The summed E-state index contributed by atoms with van der Waals surface area (Å²) in [4.78, 5) is 56.5. The zero-order valence-electron chi connectivity index (χ0n) is 51.9. The molecule has 1 saturated heterocycles. The van der Waals surface area contributed by atoms with Crippen molar-refractivity contribution in [3.05, 3.63) is 73.7 Å². The van der Waals surface area contributed by atoms with Gasteiger partial charge in [-0.2, -0.15) is 0 Å². The monoisotopic (exact) mass is 1300 g/mol. The minimum atomic E-state index is -3.82. The Morgan fingerprint density at radius 3 is 1.45 bits per heavy atom. The number of thiazole rings is 2. The Bertz CT molecular complexity index is 3100. The number of amides is 2. The van der Waals surface area contributed by atoms with E-state index in [1.165, 1.54) is 30.2 Å². The van der Waals surface area contributed by atoms with Crippen LogP contribution in [0.4, 0.5) is 9.59 Å². The number of hydrogen-bond donors (Lipinski definition) is 4. The van der Waals surface area contributed by atoms with E-state index >= 15 is 0 Å². The third-order valence-corrected chi connectivity index (χ3v) is 20.8. The number of Topliss-reactive ketones (excluding diaryl/α,β-unsaturated/α-hetero) is 2. The zero-order valence-corrected chi connectivity index (χ0v) is 56.8. The summed E-state index contributed by atoms with van der Waals surface area (Å²) in [6.07, 6.45) is 12.0. The Kier molecular flexibility index (Phi) is 25.0. The third kappa shape index (κ3) is 21.9. The van der Waals surface area contributed by atoms with Crippen LogP contribution >= 0.6 is 38.6 Å². The number of hydrogen-bond acceptors (Lipinski definition) is 16. The molecule has 3 fully saturated rings. The van der Waals surface area contributed by atoms with E-state index in [0.717, 1.165) is 76.2 Å². The topological polar surface area (TPSA) is 247 Å². The van der Waals surface area contributed by atoms with Crippen LogP contribution < -0.4 is 25.5 Å². The molecule has 0 spiro atoms. The number of nitrogens with one attached hydrogen (secondary N) is 4. The van der Waals surface area contributed by atoms with Crippen molar-refractivity contribution < 1.29 is 54.8 Å². The van der Waals surface area contributed by atoms with E-state index in [1.807, 2.05) is 101 Å². The van der Waals surface area contributed by atoms with Crippen LogP contribution in [0.2, 0.25) is 0 Å². The number of carbonyl (C=O) groups excluding carboxylic acids is 4. The second-order valence-corrected chi connectivity index (χ2v) is 32.6. The molecule has 2 saturated carbocycles. The van der Waals surface area contributed by atoms with Crippen molar-refractivity contribution >= 4 is 95.0 Å². The molecule has 0 bridgehead atoms. The Hall–Kier alpha value is -4.14. The molecule has 2 aromatic carbocycles. The summed E-state index contributed by atoms with van der Waals surface area (Å²) >= 11 is 6.68. The Balaban J connectivity index is 0.000000243. The van der Waals surface area contributed by atoms with Crippen LogP contribution in [-0.4, -0.2) is 104 Å². The summed E-state index contributed by atoms with van der Waals surface area (Å²) in [6.45, 7) is 28.9. The van der Waals surface area contributed by atoms with Crippen LogP contribution in [0, 0.1) is 0 Å². The van der Waals surface area contributed by atoms with Crippen molar-refractivity contribution in [1.82, 2.24) is 30.0 Å². The molecule has 4 aromatic rings.